The van der Waals surface area contributed by atoms with Crippen LogP contribution in [0.25, 0.3) is 0 Å². The van der Waals surface area contributed by atoms with Gasteiger partial charge in [-0.2, -0.15) is 26.3 Å². The molecule has 0 fully saturated rings. The Labute approximate surface area is 236 Å². The SMILES string of the molecule is COC(=O)N(Cc1cc(C(F)(F)F)cc(C(F)(F)F)c1)C1CC(C)N(CCC(C)(C)C)c2cc(OC)c(OC)cc21. The van der Waals surface area contributed by atoms with Gasteiger partial charge < -0.3 is 19.1 Å². The summed E-state index contributed by atoms with van der Waals surface area (Å²) < 4.78 is 97.3. The van der Waals surface area contributed by atoms with Crippen LogP contribution in [-0.4, -0.2) is 44.9 Å². The molecule has 6 nitrogen and oxygen atoms in total. The Kier molecular flexibility index (Phi) is 9.34. The summed E-state index contributed by atoms with van der Waals surface area (Å²) >= 11 is 0. The number of ether oxygens (including phenoxy) is 3. The fourth-order valence-corrected chi connectivity index (χ4v) is 5.03. The summed E-state index contributed by atoms with van der Waals surface area (Å²) in [4.78, 5) is 16.4. The molecule has 0 saturated heterocycles. The molecular formula is C29H36F6N2O4. The number of hydrogen-bond acceptors (Lipinski definition) is 5. The third-order valence-electron chi connectivity index (χ3n) is 7.19. The van der Waals surface area contributed by atoms with Gasteiger partial charge in [-0.05, 0) is 55.0 Å². The lowest BCUT2D eigenvalue weighted by molar-refractivity contribution is -0.143. The maximum atomic E-state index is 13.6. The molecule has 2 aromatic carbocycles. The van der Waals surface area contributed by atoms with E-state index in [1.54, 1.807) is 12.1 Å². The van der Waals surface area contributed by atoms with Crippen molar-refractivity contribution in [3.8, 4) is 11.5 Å². The number of amides is 1. The lowest BCUT2D eigenvalue weighted by Crippen LogP contribution is -2.45. The fraction of sp³-hybridized carbons (Fsp3) is 0.552. The third-order valence-corrected chi connectivity index (χ3v) is 7.19. The summed E-state index contributed by atoms with van der Waals surface area (Å²) in [6.07, 6.45) is -9.75. The van der Waals surface area contributed by atoms with Crippen molar-refractivity contribution < 1.29 is 45.3 Å². The van der Waals surface area contributed by atoms with Crippen LogP contribution < -0.4 is 14.4 Å². The lowest BCUT2D eigenvalue weighted by atomic mass is 9.87. The first-order valence-corrected chi connectivity index (χ1v) is 13.0. The summed E-state index contributed by atoms with van der Waals surface area (Å²) in [7, 11) is 4.04. The van der Waals surface area contributed by atoms with Crippen molar-refractivity contribution in [1.29, 1.82) is 0 Å². The Bertz CT molecular complexity index is 1210. The van der Waals surface area contributed by atoms with Gasteiger partial charge in [0.05, 0.1) is 38.5 Å². The molecule has 0 bridgehead atoms. The van der Waals surface area contributed by atoms with Gasteiger partial charge in [-0.3, -0.25) is 4.90 Å². The second-order valence-electron chi connectivity index (χ2n) is 11.4. The minimum Gasteiger partial charge on any atom is -0.493 e. The lowest BCUT2D eigenvalue weighted by Gasteiger charge is -2.45. The average molecular weight is 591 g/mol. The summed E-state index contributed by atoms with van der Waals surface area (Å²) in [5.41, 5.74) is -1.88. The van der Waals surface area contributed by atoms with E-state index in [4.69, 9.17) is 14.2 Å². The molecule has 0 aliphatic carbocycles. The second kappa shape index (κ2) is 11.9. The molecule has 1 aliphatic rings. The molecule has 2 aromatic rings. The van der Waals surface area contributed by atoms with E-state index in [0.717, 1.165) is 24.1 Å². The number of alkyl halides is 6. The number of hydrogen-bond donors (Lipinski definition) is 0. The first-order valence-electron chi connectivity index (χ1n) is 13.0. The van der Waals surface area contributed by atoms with Crippen molar-refractivity contribution >= 4 is 11.8 Å². The maximum Gasteiger partial charge on any atom is 0.416 e. The van der Waals surface area contributed by atoms with Crippen molar-refractivity contribution in [2.45, 2.75) is 71.5 Å². The van der Waals surface area contributed by atoms with E-state index in [-0.39, 0.29) is 23.1 Å². The van der Waals surface area contributed by atoms with Gasteiger partial charge in [-0.15, -0.1) is 0 Å². The third kappa shape index (κ3) is 7.51. The molecule has 1 heterocycles. The van der Waals surface area contributed by atoms with E-state index in [2.05, 4.69) is 25.7 Å². The van der Waals surface area contributed by atoms with Crippen LogP contribution in [-0.2, 0) is 23.6 Å². The van der Waals surface area contributed by atoms with Crippen LogP contribution in [0.15, 0.2) is 30.3 Å². The monoisotopic (exact) mass is 590 g/mol. The zero-order valence-corrected chi connectivity index (χ0v) is 24.2. The Balaban J connectivity index is 2.17. The fourth-order valence-electron chi connectivity index (χ4n) is 5.03. The normalized spacial score (nSPS) is 17.6. The zero-order valence-electron chi connectivity index (χ0n) is 24.2. The van der Waals surface area contributed by atoms with E-state index in [9.17, 15) is 31.1 Å². The number of halogens is 6. The Morgan fingerprint density at radius 1 is 0.902 bits per heavy atom. The highest BCUT2D eigenvalue weighted by atomic mass is 19.4. The molecule has 2 atom stereocenters. The first-order chi connectivity index (χ1) is 18.9. The van der Waals surface area contributed by atoms with E-state index in [1.165, 1.54) is 14.2 Å². The van der Waals surface area contributed by atoms with Crippen molar-refractivity contribution in [3.05, 3.63) is 52.6 Å². The van der Waals surface area contributed by atoms with E-state index in [1.807, 2.05) is 6.92 Å². The van der Waals surface area contributed by atoms with Gasteiger partial charge >= 0.3 is 18.4 Å². The van der Waals surface area contributed by atoms with Gasteiger partial charge in [0, 0.05) is 36.4 Å². The number of benzene rings is 2. The van der Waals surface area contributed by atoms with Crippen molar-refractivity contribution in [1.82, 2.24) is 4.90 Å². The Morgan fingerprint density at radius 3 is 1.90 bits per heavy atom. The van der Waals surface area contributed by atoms with Gasteiger partial charge in [0.25, 0.3) is 0 Å². The van der Waals surface area contributed by atoms with Crippen molar-refractivity contribution in [2.24, 2.45) is 5.41 Å². The van der Waals surface area contributed by atoms with Gasteiger partial charge in [-0.1, -0.05) is 20.8 Å². The van der Waals surface area contributed by atoms with Crippen LogP contribution in [0.5, 0.6) is 11.5 Å². The number of carbonyl (C=O) groups excluding carboxylic acids is 1. The molecule has 41 heavy (non-hydrogen) atoms. The van der Waals surface area contributed by atoms with Crippen LogP contribution in [0.1, 0.15) is 68.8 Å². The number of nitrogens with zero attached hydrogens (tertiary/aromatic N) is 2. The molecule has 0 radical (unpaired) electrons. The van der Waals surface area contributed by atoms with E-state index < -0.39 is 42.2 Å². The molecule has 1 amide bonds. The summed E-state index contributed by atoms with van der Waals surface area (Å²) in [5, 5.41) is 0. The van der Waals surface area contributed by atoms with Crippen molar-refractivity contribution in [2.75, 3.05) is 32.8 Å². The van der Waals surface area contributed by atoms with Crippen LogP contribution in [0.2, 0.25) is 0 Å². The predicted octanol–water partition coefficient (Wildman–Crippen LogP) is 8.09. The number of rotatable bonds is 7. The minimum absolute atomic E-state index is 0.0189. The van der Waals surface area contributed by atoms with Gasteiger partial charge in [0.15, 0.2) is 11.5 Å². The van der Waals surface area contributed by atoms with Crippen LogP contribution >= 0.6 is 0 Å². The molecule has 0 aromatic heterocycles. The van der Waals surface area contributed by atoms with E-state index in [0.29, 0.717) is 42.2 Å². The molecular weight excluding hydrogens is 554 g/mol. The standard InChI is InChI=1S/C29H36F6N2O4/c1-17-10-22(21-14-24(39-5)25(40-6)15-23(21)36(17)9-8-27(2,3)4)37(26(38)41-7)16-18-11-19(28(30,31)32)13-20(12-18)29(33,34)35/h11-15,17,22H,8-10,16H2,1-7H3. The average Bonchev–Trinajstić information content (AvgIpc) is 2.87. The molecule has 12 heteroatoms. The van der Waals surface area contributed by atoms with Crippen molar-refractivity contribution in [3.63, 3.8) is 0 Å². The molecule has 3 rings (SSSR count). The van der Waals surface area contributed by atoms with Crippen LogP contribution in [0.4, 0.5) is 36.8 Å². The second-order valence-corrected chi connectivity index (χ2v) is 11.4. The van der Waals surface area contributed by atoms with Gasteiger partial charge in [-0.25, -0.2) is 4.79 Å². The highest BCUT2D eigenvalue weighted by Crippen LogP contribution is 2.47. The quantitative estimate of drug-likeness (QED) is 0.305. The summed E-state index contributed by atoms with van der Waals surface area (Å²) in [5.74, 6) is 0.807. The molecule has 1 aliphatic heterocycles. The minimum atomic E-state index is -5.02. The topological polar surface area (TPSA) is 51.2 Å². The predicted molar refractivity (Wildman–Crippen MR) is 142 cm³/mol. The Morgan fingerprint density at radius 2 is 1.44 bits per heavy atom. The highest BCUT2D eigenvalue weighted by molar-refractivity contribution is 5.71. The molecule has 2 unspecified atom stereocenters. The maximum absolute atomic E-state index is 13.6. The largest absolute Gasteiger partial charge is 0.493 e. The first kappa shape index (κ1) is 32.2. The highest BCUT2D eigenvalue weighted by Gasteiger charge is 2.40. The smallest absolute Gasteiger partial charge is 0.416 e. The van der Waals surface area contributed by atoms with Crippen LogP contribution in [0.3, 0.4) is 0 Å². The van der Waals surface area contributed by atoms with Crippen LogP contribution in [0, 0.1) is 5.41 Å². The molecule has 0 N–H and O–H groups in total. The molecule has 0 saturated carbocycles. The summed E-state index contributed by atoms with van der Waals surface area (Å²) in [6.45, 7) is 8.42. The number of methoxy groups -OCH3 is 3. The molecule has 0 spiro atoms. The van der Waals surface area contributed by atoms with Gasteiger partial charge in [0.1, 0.15) is 0 Å². The number of anilines is 1. The number of carbonyl (C=O) groups is 1. The zero-order chi connectivity index (χ0) is 30.9. The summed E-state index contributed by atoms with van der Waals surface area (Å²) in [6, 6.07) is 3.90. The Hall–Kier alpha value is -3.31. The van der Waals surface area contributed by atoms with Gasteiger partial charge in [0.2, 0.25) is 0 Å². The van der Waals surface area contributed by atoms with E-state index >= 15 is 0 Å². The molecule has 228 valence electrons. The number of fused-ring (bicyclic) bond motifs is 1.